The van der Waals surface area contributed by atoms with Crippen molar-refractivity contribution in [3.05, 3.63) is 34.6 Å². The molecular weight excluding hydrogens is 265 g/mol. The Labute approximate surface area is 118 Å². The van der Waals surface area contributed by atoms with Crippen LogP contribution in [0, 0.1) is 5.82 Å². The third-order valence-corrected chi connectivity index (χ3v) is 3.46. The lowest BCUT2D eigenvalue weighted by atomic mass is 10.1. The van der Waals surface area contributed by atoms with E-state index in [9.17, 15) is 4.39 Å². The first kappa shape index (κ1) is 14.1. The fraction of sp³-hybridized carbons (Fsp3) is 0.500. The first-order valence-electron chi connectivity index (χ1n) is 6.46. The summed E-state index contributed by atoms with van der Waals surface area (Å²) in [6, 6.07) is 5.32. The summed E-state index contributed by atoms with van der Waals surface area (Å²) in [6.07, 6.45) is 0.874. The van der Waals surface area contributed by atoms with Gasteiger partial charge in [-0.05, 0) is 32.4 Å². The van der Waals surface area contributed by atoms with Crippen molar-refractivity contribution in [3.8, 4) is 0 Å². The smallest absolute Gasteiger partial charge is 0.191 e. The van der Waals surface area contributed by atoms with Gasteiger partial charge in [-0.2, -0.15) is 0 Å². The van der Waals surface area contributed by atoms with Gasteiger partial charge in [-0.3, -0.25) is 4.99 Å². The number of aliphatic imine (C=N–C) groups is 1. The minimum absolute atomic E-state index is 0.124. The second kappa shape index (κ2) is 5.78. The van der Waals surface area contributed by atoms with Crippen LogP contribution in [0.2, 0.25) is 5.02 Å². The fourth-order valence-electron chi connectivity index (χ4n) is 2.16. The summed E-state index contributed by atoms with van der Waals surface area (Å²) in [5.74, 6) is 0.642. The van der Waals surface area contributed by atoms with E-state index in [2.05, 4.69) is 15.6 Å². The number of guanidine groups is 1. The van der Waals surface area contributed by atoms with Crippen LogP contribution in [0.3, 0.4) is 0 Å². The molecule has 0 aromatic heterocycles. The Balaban J connectivity index is 2.01. The van der Waals surface area contributed by atoms with Crippen LogP contribution in [0.5, 0.6) is 0 Å². The molecular formula is C14H19ClFN3. The highest BCUT2D eigenvalue weighted by molar-refractivity contribution is 6.31. The van der Waals surface area contributed by atoms with E-state index in [1.54, 1.807) is 19.2 Å². The van der Waals surface area contributed by atoms with E-state index in [1.165, 1.54) is 6.07 Å². The van der Waals surface area contributed by atoms with Gasteiger partial charge in [0.25, 0.3) is 0 Å². The minimum Gasteiger partial charge on any atom is -0.354 e. The Bertz CT molecular complexity index is 467. The summed E-state index contributed by atoms with van der Waals surface area (Å²) in [5.41, 5.74) is 0.613. The van der Waals surface area contributed by atoms with Gasteiger partial charge < -0.3 is 10.6 Å². The van der Waals surface area contributed by atoms with Crippen LogP contribution in [0.1, 0.15) is 31.7 Å². The van der Waals surface area contributed by atoms with E-state index in [4.69, 9.17) is 11.6 Å². The number of nitrogens with zero attached hydrogens (tertiary/aromatic N) is 1. The normalized spacial score (nSPS) is 22.5. The maximum absolute atomic E-state index is 13.8. The summed E-state index contributed by atoms with van der Waals surface area (Å²) >= 11 is 6.07. The molecule has 1 aromatic rings. The molecule has 0 bridgehead atoms. The monoisotopic (exact) mass is 283 g/mol. The van der Waals surface area contributed by atoms with Gasteiger partial charge in [0.15, 0.2) is 5.96 Å². The quantitative estimate of drug-likeness (QED) is 0.661. The van der Waals surface area contributed by atoms with Crippen molar-refractivity contribution in [2.75, 3.05) is 7.05 Å². The van der Waals surface area contributed by atoms with Gasteiger partial charge >= 0.3 is 0 Å². The second-order valence-electron chi connectivity index (χ2n) is 5.10. The fourth-order valence-corrected chi connectivity index (χ4v) is 2.46. The molecule has 0 amide bonds. The zero-order chi connectivity index (χ0) is 14.0. The topological polar surface area (TPSA) is 36.4 Å². The second-order valence-corrected chi connectivity index (χ2v) is 5.51. The standard InChI is InChI=1S/C14H19ClFN3/c1-8(2)18-14(17-3)19-12-7-9(12)13-10(15)5-4-6-11(13)16/h4-6,8-9,12H,7H2,1-3H3,(H2,17,18,19). The molecule has 1 aliphatic rings. The minimum atomic E-state index is -0.228. The van der Waals surface area contributed by atoms with E-state index >= 15 is 0 Å². The van der Waals surface area contributed by atoms with Crippen molar-refractivity contribution >= 4 is 17.6 Å². The zero-order valence-electron chi connectivity index (χ0n) is 11.4. The molecule has 2 atom stereocenters. The van der Waals surface area contributed by atoms with Crippen LogP contribution in [-0.4, -0.2) is 25.1 Å². The predicted octanol–water partition coefficient (Wildman–Crippen LogP) is 2.91. The molecule has 0 heterocycles. The van der Waals surface area contributed by atoms with Gasteiger partial charge in [0.2, 0.25) is 0 Å². The molecule has 0 saturated heterocycles. The van der Waals surface area contributed by atoms with E-state index in [1.807, 2.05) is 13.8 Å². The van der Waals surface area contributed by atoms with Crippen molar-refractivity contribution in [2.24, 2.45) is 4.99 Å². The molecule has 3 nitrogen and oxygen atoms in total. The zero-order valence-corrected chi connectivity index (χ0v) is 12.1. The number of halogens is 2. The maximum Gasteiger partial charge on any atom is 0.191 e. The van der Waals surface area contributed by atoms with Crippen LogP contribution in [-0.2, 0) is 0 Å². The molecule has 0 aliphatic heterocycles. The summed E-state index contributed by atoms with van der Waals surface area (Å²) in [4.78, 5) is 4.15. The van der Waals surface area contributed by atoms with E-state index in [-0.39, 0.29) is 17.8 Å². The molecule has 2 N–H and O–H groups in total. The lowest BCUT2D eigenvalue weighted by molar-refractivity contribution is 0.607. The molecule has 104 valence electrons. The molecule has 1 saturated carbocycles. The van der Waals surface area contributed by atoms with Gasteiger partial charge in [-0.1, -0.05) is 17.7 Å². The third kappa shape index (κ3) is 3.38. The first-order chi connectivity index (χ1) is 9.02. The van der Waals surface area contributed by atoms with Gasteiger partial charge in [-0.25, -0.2) is 4.39 Å². The maximum atomic E-state index is 13.8. The summed E-state index contributed by atoms with van der Waals surface area (Å²) in [6.45, 7) is 4.09. The van der Waals surface area contributed by atoms with Crippen molar-refractivity contribution < 1.29 is 4.39 Å². The average molecular weight is 284 g/mol. The molecule has 1 fully saturated rings. The van der Waals surface area contributed by atoms with Gasteiger partial charge in [0, 0.05) is 35.6 Å². The highest BCUT2D eigenvalue weighted by Gasteiger charge is 2.41. The molecule has 2 unspecified atom stereocenters. The summed E-state index contributed by atoms with van der Waals surface area (Å²) < 4.78 is 13.8. The average Bonchev–Trinajstić information content (AvgIpc) is 3.06. The predicted molar refractivity (Wildman–Crippen MR) is 77.3 cm³/mol. The SMILES string of the molecule is CN=C(NC(C)C)NC1CC1c1c(F)cccc1Cl. The molecule has 19 heavy (non-hydrogen) atoms. The van der Waals surface area contributed by atoms with Gasteiger partial charge in [0.05, 0.1) is 0 Å². The lowest BCUT2D eigenvalue weighted by Crippen LogP contribution is -2.42. The van der Waals surface area contributed by atoms with Crippen LogP contribution in [0.4, 0.5) is 4.39 Å². The Morgan fingerprint density at radius 3 is 2.79 bits per heavy atom. The van der Waals surface area contributed by atoms with Crippen molar-refractivity contribution in [1.82, 2.24) is 10.6 Å². The Morgan fingerprint density at radius 1 is 1.47 bits per heavy atom. The summed E-state index contributed by atoms with van der Waals surface area (Å²) in [7, 11) is 1.73. The number of hydrogen-bond donors (Lipinski definition) is 2. The Hall–Kier alpha value is -1.29. The number of rotatable bonds is 3. The molecule has 2 rings (SSSR count). The largest absolute Gasteiger partial charge is 0.354 e. The van der Waals surface area contributed by atoms with Crippen LogP contribution in [0.25, 0.3) is 0 Å². The lowest BCUT2D eigenvalue weighted by Gasteiger charge is -2.14. The highest BCUT2D eigenvalue weighted by Crippen LogP contribution is 2.44. The molecule has 5 heteroatoms. The van der Waals surface area contributed by atoms with Crippen molar-refractivity contribution in [1.29, 1.82) is 0 Å². The molecule has 1 aliphatic carbocycles. The number of benzene rings is 1. The third-order valence-electron chi connectivity index (χ3n) is 3.13. The molecule has 1 aromatic carbocycles. The van der Waals surface area contributed by atoms with E-state index < -0.39 is 0 Å². The van der Waals surface area contributed by atoms with Crippen LogP contribution < -0.4 is 10.6 Å². The van der Waals surface area contributed by atoms with Crippen molar-refractivity contribution in [3.63, 3.8) is 0 Å². The van der Waals surface area contributed by atoms with E-state index in [0.29, 0.717) is 16.6 Å². The van der Waals surface area contributed by atoms with Crippen molar-refractivity contribution in [2.45, 2.75) is 38.3 Å². The van der Waals surface area contributed by atoms with Crippen LogP contribution in [0.15, 0.2) is 23.2 Å². The molecule has 0 radical (unpaired) electrons. The van der Waals surface area contributed by atoms with Gasteiger partial charge in [0.1, 0.15) is 5.82 Å². The number of hydrogen-bond acceptors (Lipinski definition) is 1. The Kier molecular flexibility index (Phi) is 4.30. The van der Waals surface area contributed by atoms with Gasteiger partial charge in [-0.15, -0.1) is 0 Å². The highest BCUT2D eigenvalue weighted by atomic mass is 35.5. The Morgan fingerprint density at radius 2 is 2.21 bits per heavy atom. The summed E-state index contributed by atoms with van der Waals surface area (Å²) in [5, 5.41) is 7.00. The molecule has 0 spiro atoms. The number of nitrogens with one attached hydrogen (secondary N) is 2. The van der Waals surface area contributed by atoms with E-state index in [0.717, 1.165) is 12.4 Å². The first-order valence-corrected chi connectivity index (χ1v) is 6.84. The van der Waals surface area contributed by atoms with Crippen LogP contribution >= 0.6 is 11.6 Å².